The molecular formula is C10H12FNO5S. The van der Waals surface area contributed by atoms with Crippen LogP contribution in [0, 0.1) is 5.82 Å². The molecule has 0 aliphatic heterocycles. The van der Waals surface area contributed by atoms with E-state index < -0.39 is 32.8 Å². The van der Waals surface area contributed by atoms with E-state index in [1.165, 1.54) is 6.92 Å². The Labute approximate surface area is 103 Å². The number of benzene rings is 1. The molecule has 18 heavy (non-hydrogen) atoms. The molecule has 0 aliphatic rings. The number of sulfonamides is 1. The van der Waals surface area contributed by atoms with Gasteiger partial charge < -0.3 is 10.2 Å². The summed E-state index contributed by atoms with van der Waals surface area (Å²) in [6.45, 7) is 1.06. The van der Waals surface area contributed by atoms with E-state index in [4.69, 9.17) is 10.2 Å². The second-order valence-corrected chi connectivity index (χ2v) is 5.39. The van der Waals surface area contributed by atoms with E-state index in [2.05, 4.69) is 0 Å². The maximum atomic E-state index is 13.4. The fourth-order valence-corrected chi connectivity index (χ4v) is 2.37. The van der Waals surface area contributed by atoms with Crippen molar-refractivity contribution in [3.8, 4) is 0 Å². The number of carbonyl (C=O) groups is 1. The first-order valence-corrected chi connectivity index (χ1v) is 6.43. The monoisotopic (exact) mass is 277 g/mol. The summed E-state index contributed by atoms with van der Waals surface area (Å²) in [6.07, 6.45) is -0.939. The van der Waals surface area contributed by atoms with Crippen molar-refractivity contribution in [2.75, 3.05) is 6.54 Å². The molecule has 1 rings (SSSR count). The Morgan fingerprint density at radius 3 is 2.61 bits per heavy atom. The number of carboxylic acid groups (broad SMARTS) is 1. The summed E-state index contributed by atoms with van der Waals surface area (Å²) in [6, 6.07) is 2.45. The molecule has 8 heteroatoms. The van der Waals surface area contributed by atoms with Crippen LogP contribution in [0.1, 0.15) is 17.3 Å². The third-order valence-electron chi connectivity index (χ3n) is 2.04. The lowest BCUT2D eigenvalue weighted by atomic mass is 10.2. The molecule has 0 amide bonds. The SMILES string of the molecule is CC(O)CNS(=O)(=O)c1cc(C(=O)O)ccc1F. The predicted molar refractivity (Wildman–Crippen MR) is 60.2 cm³/mol. The second kappa shape index (κ2) is 5.42. The van der Waals surface area contributed by atoms with Gasteiger partial charge in [-0.25, -0.2) is 22.3 Å². The van der Waals surface area contributed by atoms with Crippen LogP contribution in [0.4, 0.5) is 4.39 Å². The lowest BCUT2D eigenvalue weighted by Crippen LogP contribution is -2.31. The Morgan fingerprint density at radius 1 is 1.50 bits per heavy atom. The fourth-order valence-electron chi connectivity index (χ4n) is 1.15. The van der Waals surface area contributed by atoms with Crippen molar-refractivity contribution in [2.45, 2.75) is 17.9 Å². The summed E-state index contributed by atoms with van der Waals surface area (Å²) in [4.78, 5) is 9.92. The van der Waals surface area contributed by atoms with Crippen molar-refractivity contribution >= 4 is 16.0 Å². The quantitative estimate of drug-likeness (QED) is 0.712. The number of nitrogens with one attached hydrogen (secondary N) is 1. The highest BCUT2D eigenvalue weighted by atomic mass is 32.2. The molecule has 3 N–H and O–H groups in total. The first kappa shape index (κ1) is 14.6. The molecule has 0 fully saturated rings. The van der Waals surface area contributed by atoms with E-state index >= 15 is 0 Å². The number of hydrogen-bond donors (Lipinski definition) is 3. The molecule has 0 radical (unpaired) electrons. The number of aromatic carboxylic acids is 1. The van der Waals surface area contributed by atoms with E-state index in [0.717, 1.165) is 18.2 Å². The van der Waals surface area contributed by atoms with Gasteiger partial charge in [0.15, 0.2) is 0 Å². The van der Waals surface area contributed by atoms with Gasteiger partial charge in [-0.15, -0.1) is 0 Å². The molecule has 0 bridgehead atoms. The number of aliphatic hydroxyl groups is 1. The van der Waals surface area contributed by atoms with Crippen LogP contribution in [-0.2, 0) is 10.0 Å². The van der Waals surface area contributed by atoms with Crippen LogP contribution in [0.3, 0.4) is 0 Å². The largest absolute Gasteiger partial charge is 0.478 e. The molecule has 0 saturated heterocycles. The Balaban J connectivity index is 3.15. The molecule has 6 nitrogen and oxygen atoms in total. The summed E-state index contributed by atoms with van der Waals surface area (Å²) in [5, 5.41) is 17.7. The highest BCUT2D eigenvalue weighted by Gasteiger charge is 2.21. The van der Waals surface area contributed by atoms with Crippen LogP contribution in [0.25, 0.3) is 0 Å². The standard InChI is InChI=1S/C10H12FNO5S/c1-6(13)5-12-18(16,17)9-4-7(10(14)15)2-3-8(9)11/h2-4,6,12-13H,5H2,1H3,(H,14,15). The first-order valence-electron chi connectivity index (χ1n) is 4.94. The zero-order valence-corrected chi connectivity index (χ0v) is 10.2. The summed E-state index contributed by atoms with van der Waals surface area (Å²) in [7, 11) is -4.19. The highest BCUT2D eigenvalue weighted by Crippen LogP contribution is 2.16. The lowest BCUT2D eigenvalue weighted by molar-refractivity contribution is 0.0696. The molecule has 1 unspecified atom stereocenters. The van der Waals surface area contributed by atoms with E-state index in [1.807, 2.05) is 4.72 Å². The highest BCUT2D eigenvalue weighted by molar-refractivity contribution is 7.89. The van der Waals surface area contributed by atoms with Gasteiger partial charge in [0.25, 0.3) is 0 Å². The third-order valence-corrected chi connectivity index (χ3v) is 3.48. The van der Waals surface area contributed by atoms with Crippen LogP contribution >= 0.6 is 0 Å². The Hall–Kier alpha value is -1.51. The van der Waals surface area contributed by atoms with Crippen LogP contribution < -0.4 is 4.72 Å². The van der Waals surface area contributed by atoms with Crippen molar-refractivity contribution in [2.24, 2.45) is 0 Å². The lowest BCUT2D eigenvalue weighted by Gasteiger charge is -2.09. The van der Waals surface area contributed by atoms with Crippen molar-refractivity contribution in [3.63, 3.8) is 0 Å². The van der Waals surface area contributed by atoms with Crippen molar-refractivity contribution in [1.29, 1.82) is 0 Å². The zero-order chi connectivity index (χ0) is 13.9. The molecule has 0 heterocycles. The minimum absolute atomic E-state index is 0.293. The molecule has 0 aromatic heterocycles. The zero-order valence-electron chi connectivity index (χ0n) is 9.42. The van der Waals surface area contributed by atoms with Gasteiger partial charge in [-0.1, -0.05) is 0 Å². The van der Waals surface area contributed by atoms with Gasteiger partial charge in [0.05, 0.1) is 11.7 Å². The average molecular weight is 277 g/mol. The van der Waals surface area contributed by atoms with Gasteiger partial charge in [-0.2, -0.15) is 0 Å². The van der Waals surface area contributed by atoms with Gasteiger partial charge in [0.2, 0.25) is 10.0 Å². The Bertz CT molecular complexity index is 555. The molecule has 100 valence electrons. The predicted octanol–water partition coefficient (Wildman–Crippen LogP) is 0.183. The Morgan fingerprint density at radius 2 is 2.11 bits per heavy atom. The van der Waals surface area contributed by atoms with E-state index in [1.54, 1.807) is 0 Å². The summed E-state index contributed by atoms with van der Waals surface area (Å²) >= 11 is 0. The number of rotatable bonds is 5. The third kappa shape index (κ3) is 3.49. The van der Waals surface area contributed by atoms with Gasteiger partial charge in [0, 0.05) is 6.54 Å². The summed E-state index contributed by atoms with van der Waals surface area (Å²) in [5.74, 6) is -2.42. The van der Waals surface area contributed by atoms with Crippen LogP contribution in [0.2, 0.25) is 0 Å². The molecular weight excluding hydrogens is 265 g/mol. The molecule has 0 spiro atoms. The maximum Gasteiger partial charge on any atom is 0.335 e. The number of carboxylic acids is 1. The van der Waals surface area contributed by atoms with Gasteiger partial charge in [-0.3, -0.25) is 0 Å². The molecule has 0 saturated carbocycles. The maximum absolute atomic E-state index is 13.4. The summed E-state index contributed by atoms with van der Waals surface area (Å²) < 4.78 is 38.7. The van der Waals surface area contributed by atoms with Crippen molar-refractivity contribution in [3.05, 3.63) is 29.6 Å². The number of aliphatic hydroxyl groups excluding tert-OH is 1. The minimum Gasteiger partial charge on any atom is -0.478 e. The van der Waals surface area contributed by atoms with Gasteiger partial charge in [0.1, 0.15) is 10.7 Å². The van der Waals surface area contributed by atoms with Crippen molar-refractivity contribution < 1.29 is 27.8 Å². The number of hydrogen-bond acceptors (Lipinski definition) is 4. The molecule has 1 aromatic carbocycles. The Kier molecular flexibility index (Phi) is 4.38. The van der Waals surface area contributed by atoms with Crippen LogP contribution in [0.15, 0.2) is 23.1 Å². The van der Waals surface area contributed by atoms with Crippen LogP contribution in [0.5, 0.6) is 0 Å². The number of halogens is 1. The van der Waals surface area contributed by atoms with Gasteiger partial charge in [-0.05, 0) is 25.1 Å². The van der Waals surface area contributed by atoms with Crippen molar-refractivity contribution in [1.82, 2.24) is 4.72 Å². The van der Waals surface area contributed by atoms with Gasteiger partial charge >= 0.3 is 5.97 Å². The molecule has 1 atom stereocenters. The van der Waals surface area contributed by atoms with E-state index in [-0.39, 0.29) is 12.1 Å². The molecule has 0 aliphatic carbocycles. The smallest absolute Gasteiger partial charge is 0.335 e. The normalized spacial score (nSPS) is 13.3. The van der Waals surface area contributed by atoms with E-state index in [9.17, 15) is 17.6 Å². The minimum atomic E-state index is -4.19. The van der Waals surface area contributed by atoms with Crippen LogP contribution in [-0.4, -0.2) is 37.2 Å². The first-order chi connectivity index (χ1) is 8.24. The molecule has 1 aromatic rings. The second-order valence-electron chi connectivity index (χ2n) is 3.65. The topological polar surface area (TPSA) is 104 Å². The fraction of sp³-hybridized carbons (Fsp3) is 0.300. The van der Waals surface area contributed by atoms with E-state index in [0.29, 0.717) is 0 Å². The average Bonchev–Trinajstić information content (AvgIpc) is 2.26. The summed E-state index contributed by atoms with van der Waals surface area (Å²) in [5.41, 5.74) is -0.339.